The maximum atomic E-state index is 12.2. The summed E-state index contributed by atoms with van der Waals surface area (Å²) in [5.74, 6) is 0.775. The monoisotopic (exact) mass is 330 g/mol. The van der Waals surface area contributed by atoms with Crippen LogP contribution in [0.15, 0.2) is 36.4 Å². The van der Waals surface area contributed by atoms with Gasteiger partial charge in [-0.25, -0.2) is 4.79 Å². The molecule has 1 aliphatic heterocycles. The molecule has 1 heterocycles. The van der Waals surface area contributed by atoms with Crippen molar-refractivity contribution in [1.82, 2.24) is 0 Å². The van der Waals surface area contributed by atoms with E-state index in [1.807, 2.05) is 24.3 Å². The summed E-state index contributed by atoms with van der Waals surface area (Å²) in [5, 5.41) is 0.570. The Balaban J connectivity index is 2.17. The molecule has 0 fully saturated rings. The third kappa shape index (κ3) is 2.90. The topological polar surface area (TPSA) is 44.8 Å². The van der Waals surface area contributed by atoms with Crippen molar-refractivity contribution in [2.24, 2.45) is 0 Å². The van der Waals surface area contributed by atoms with E-state index < -0.39 is 0 Å². The number of hydrogen-bond acceptors (Lipinski definition) is 4. The molecule has 23 heavy (non-hydrogen) atoms. The van der Waals surface area contributed by atoms with Gasteiger partial charge in [0, 0.05) is 10.6 Å². The zero-order valence-corrected chi connectivity index (χ0v) is 13.5. The van der Waals surface area contributed by atoms with Crippen molar-refractivity contribution in [2.75, 3.05) is 14.2 Å². The summed E-state index contributed by atoms with van der Waals surface area (Å²) in [7, 11) is 3.13. The number of carbonyl (C=O) groups is 1. The lowest BCUT2D eigenvalue weighted by atomic mass is 9.95. The molecular formula is C18H15ClO4. The maximum Gasteiger partial charge on any atom is 0.339 e. The number of carbonyl (C=O) groups excluding carboxylic acids is 1. The average Bonchev–Trinajstić information content (AvgIpc) is 2.58. The molecule has 0 aliphatic carbocycles. The molecule has 0 N–H and O–H groups in total. The summed E-state index contributed by atoms with van der Waals surface area (Å²) >= 11 is 6.18. The first-order valence-electron chi connectivity index (χ1n) is 7.02. The summed E-state index contributed by atoms with van der Waals surface area (Å²) in [6.07, 6.45) is 1.73. The molecule has 0 spiro atoms. The van der Waals surface area contributed by atoms with E-state index in [0.717, 1.165) is 16.7 Å². The van der Waals surface area contributed by atoms with Gasteiger partial charge in [0.05, 0.1) is 19.8 Å². The summed E-state index contributed by atoms with van der Waals surface area (Å²) < 4.78 is 15.9. The van der Waals surface area contributed by atoms with Crippen LogP contribution in [0.25, 0.3) is 11.6 Å². The molecular weight excluding hydrogens is 316 g/mol. The van der Waals surface area contributed by atoms with Gasteiger partial charge in [-0.1, -0.05) is 29.8 Å². The number of esters is 1. The molecule has 0 amide bonds. The molecule has 3 rings (SSSR count). The van der Waals surface area contributed by atoms with Gasteiger partial charge < -0.3 is 14.2 Å². The van der Waals surface area contributed by atoms with Crippen molar-refractivity contribution in [3.8, 4) is 11.5 Å². The number of halogens is 1. The van der Waals surface area contributed by atoms with Crippen LogP contribution in [0.2, 0.25) is 5.02 Å². The molecule has 0 radical (unpaired) electrons. The van der Waals surface area contributed by atoms with Gasteiger partial charge >= 0.3 is 5.97 Å². The van der Waals surface area contributed by atoms with Crippen LogP contribution in [0.4, 0.5) is 0 Å². The zero-order valence-electron chi connectivity index (χ0n) is 12.8. The van der Waals surface area contributed by atoms with Gasteiger partial charge in [-0.2, -0.15) is 0 Å². The molecule has 0 bridgehead atoms. The Morgan fingerprint density at radius 3 is 2.52 bits per heavy atom. The highest BCUT2D eigenvalue weighted by molar-refractivity contribution is 6.33. The van der Waals surface area contributed by atoms with Crippen LogP contribution in [-0.2, 0) is 16.1 Å². The Morgan fingerprint density at radius 2 is 1.83 bits per heavy atom. The van der Waals surface area contributed by atoms with Gasteiger partial charge in [-0.3, -0.25) is 0 Å². The zero-order chi connectivity index (χ0) is 16.4. The van der Waals surface area contributed by atoms with Crippen molar-refractivity contribution in [3.05, 3.63) is 58.1 Å². The predicted octanol–water partition coefficient (Wildman–Crippen LogP) is 3.95. The third-order valence-corrected chi connectivity index (χ3v) is 4.03. The second kappa shape index (κ2) is 6.34. The van der Waals surface area contributed by atoms with Crippen LogP contribution in [0.1, 0.15) is 16.7 Å². The predicted molar refractivity (Wildman–Crippen MR) is 88.7 cm³/mol. The molecule has 0 unspecified atom stereocenters. The van der Waals surface area contributed by atoms with Crippen LogP contribution in [0.3, 0.4) is 0 Å². The fourth-order valence-electron chi connectivity index (χ4n) is 2.51. The fraction of sp³-hybridized carbons (Fsp3) is 0.167. The second-order valence-electron chi connectivity index (χ2n) is 5.02. The van der Waals surface area contributed by atoms with Gasteiger partial charge in [0.2, 0.25) is 0 Å². The Labute approximate surface area is 139 Å². The highest BCUT2D eigenvalue weighted by Crippen LogP contribution is 2.37. The van der Waals surface area contributed by atoms with Crippen LogP contribution in [0, 0.1) is 0 Å². The minimum absolute atomic E-state index is 0.203. The average molecular weight is 331 g/mol. The quantitative estimate of drug-likeness (QED) is 0.631. The van der Waals surface area contributed by atoms with E-state index in [1.165, 1.54) is 0 Å². The van der Waals surface area contributed by atoms with Crippen LogP contribution in [0.5, 0.6) is 11.5 Å². The molecule has 2 aromatic carbocycles. The first kappa shape index (κ1) is 15.4. The molecule has 0 aromatic heterocycles. The van der Waals surface area contributed by atoms with Gasteiger partial charge in [-0.05, 0) is 35.4 Å². The molecule has 2 aromatic rings. The highest BCUT2D eigenvalue weighted by Gasteiger charge is 2.25. The third-order valence-electron chi connectivity index (χ3n) is 3.68. The molecule has 118 valence electrons. The summed E-state index contributed by atoms with van der Waals surface area (Å²) in [4.78, 5) is 12.2. The molecule has 0 atom stereocenters. The van der Waals surface area contributed by atoms with Gasteiger partial charge in [0.1, 0.15) is 6.61 Å². The summed E-state index contributed by atoms with van der Waals surface area (Å²) in [6, 6.07) is 10.9. The number of benzene rings is 2. The Morgan fingerprint density at radius 1 is 1.13 bits per heavy atom. The van der Waals surface area contributed by atoms with E-state index in [-0.39, 0.29) is 12.6 Å². The molecule has 1 aliphatic rings. The van der Waals surface area contributed by atoms with Crippen molar-refractivity contribution in [2.45, 2.75) is 6.61 Å². The van der Waals surface area contributed by atoms with Crippen LogP contribution in [-0.4, -0.2) is 20.2 Å². The molecule has 0 saturated heterocycles. The largest absolute Gasteiger partial charge is 0.493 e. The standard InChI is InChI=1S/C18H15ClO4/c1-21-16-8-12-10-23-18(20)14(13(12)9-17(16)22-2)7-11-5-3-4-6-15(11)19/h3-9H,10H2,1-2H3. The molecule has 5 heteroatoms. The Bertz CT molecular complexity index is 796. The van der Waals surface area contributed by atoms with Crippen molar-refractivity contribution >= 4 is 29.2 Å². The number of rotatable bonds is 3. The molecule has 4 nitrogen and oxygen atoms in total. The Kier molecular flexibility index (Phi) is 4.26. The fourth-order valence-corrected chi connectivity index (χ4v) is 2.70. The SMILES string of the molecule is COc1cc2c(cc1OC)C(=Cc1ccccc1Cl)C(=O)OC2. The summed E-state index contributed by atoms with van der Waals surface area (Å²) in [5.41, 5.74) is 2.82. The maximum absolute atomic E-state index is 12.2. The normalized spacial score (nSPS) is 15.1. The number of cyclic esters (lactones) is 1. The van der Waals surface area contributed by atoms with Crippen molar-refractivity contribution in [1.29, 1.82) is 0 Å². The van der Waals surface area contributed by atoms with Gasteiger partial charge in [0.25, 0.3) is 0 Å². The van der Waals surface area contributed by atoms with Gasteiger partial charge in [0.15, 0.2) is 11.5 Å². The molecule has 0 saturated carbocycles. The first-order valence-corrected chi connectivity index (χ1v) is 7.40. The summed E-state index contributed by atoms with van der Waals surface area (Å²) in [6.45, 7) is 0.203. The number of fused-ring (bicyclic) bond motifs is 1. The highest BCUT2D eigenvalue weighted by atomic mass is 35.5. The van der Waals surface area contributed by atoms with E-state index in [2.05, 4.69) is 0 Å². The van der Waals surface area contributed by atoms with Gasteiger partial charge in [-0.15, -0.1) is 0 Å². The van der Waals surface area contributed by atoms with Crippen molar-refractivity contribution in [3.63, 3.8) is 0 Å². The van der Waals surface area contributed by atoms with Crippen molar-refractivity contribution < 1.29 is 19.0 Å². The minimum atomic E-state index is -0.385. The van der Waals surface area contributed by atoms with E-state index >= 15 is 0 Å². The van der Waals surface area contributed by atoms with Crippen LogP contribution < -0.4 is 9.47 Å². The van der Waals surface area contributed by atoms with E-state index in [9.17, 15) is 4.79 Å². The lowest BCUT2D eigenvalue weighted by Crippen LogP contribution is -2.15. The lowest BCUT2D eigenvalue weighted by molar-refractivity contribution is -0.138. The second-order valence-corrected chi connectivity index (χ2v) is 5.43. The van der Waals surface area contributed by atoms with E-state index in [1.54, 1.807) is 32.4 Å². The van der Waals surface area contributed by atoms with E-state index in [0.29, 0.717) is 22.1 Å². The smallest absolute Gasteiger partial charge is 0.339 e. The number of methoxy groups -OCH3 is 2. The number of hydrogen-bond donors (Lipinski definition) is 0. The minimum Gasteiger partial charge on any atom is -0.493 e. The van der Waals surface area contributed by atoms with Crippen LogP contribution >= 0.6 is 11.6 Å². The lowest BCUT2D eigenvalue weighted by Gasteiger charge is -2.21. The Hall–Kier alpha value is -2.46. The number of ether oxygens (including phenoxy) is 3. The first-order chi connectivity index (χ1) is 11.1. The van der Waals surface area contributed by atoms with E-state index in [4.69, 9.17) is 25.8 Å².